The zero-order valence-electron chi connectivity index (χ0n) is 20.5. The third kappa shape index (κ3) is 7.96. The Hall–Kier alpha value is -3.06. The Kier molecular flexibility index (Phi) is 9.45. The molecule has 0 radical (unpaired) electrons. The third-order valence-electron chi connectivity index (χ3n) is 6.74. The van der Waals surface area contributed by atoms with Crippen LogP contribution in [0, 0.1) is 0 Å². The molecule has 1 saturated carbocycles. The van der Waals surface area contributed by atoms with Crippen LogP contribution in [0.15, 0.2) is 66.7 Å². The van der Waals surface area contributed by atoms with E-state index in [0.29, 0.717) is 28.3 Å². The molecule has 1 atom stereocenters. The highest BCUT2D eigenvalue weighted by atomic mass is 35.5. The third-order valence-corrected chi connectivity index (χ3v) is 7.17. The van der Waals surface area contributed by atoms with E-state index < -0.39 is 5.97 Å². The summed E-state index contributed by atoms with van der Waals surface area (Å²) in [6.45, 7) is 1.32. The zero-order valence-corrected chi connectivity index (χ0v) is 22.0. The first-order chi connectivity index (χ1) is 17.9. The zero-order chi connectivity index (χ0) is 26.2. The quantitative estimate of drug-likeness (QED) is 0.219. The van der Waals surface area contributed by atoms with Crippen LogP contribution >= 0.6 is 23.2 Å². The van der Waals surface area contributed by atoms with Crippen molar-refractivity contribution in [2.75, 3.05) is 18.4 Å². The van der Waals surface area contributed by atoms with Crippen molar-refractivity contribution < 1.29 is 14.7 Å². The molecule has 4 N–H and O–H groups in total. The Morgan fingerprint density at radius 3 is 2.30 bits per heavy atom. The van der Waals surface area contributed by atoms with Crippen molar-refractivity contribution in [3.8, 4) is 11.1 Å². The van der Waals surface area contributed by atoms with Gasteiger partial charge in [-0.15, -0.1) is 0 Å². The van der Waals surface area contributed by atoms with Crippen molar-refractivity contribution in [3.05, 3.63) is 87.9 Å². The molecule has 0 aromatic heterocycles. The number of nitrogens with one attached hydrogen (secondary N) is 3. The Morgan fingerprint density at radius 2 is 1.62 bits per heavy atom. The summed E-state index contributed by atoms with van der Waals surface area (Å²) in [6, 6.07) is 20.2. The standard InChI is InChI=1S/C29H31Cl2N3O3/c30-24-15-25(31)17-27(16-24)34-29(37)33-18-23(12-13-32-26-6-1-2-7-26)20-10-8-19(9-11-20)21-4-3-5-22(14-21)28(35)36/h3-5,8-11,14-17,23,26,32H,1-2,6-7,12-13,18H2,(H,35,36)(H2,33,34,37). The molecule has 6 nitrogen and oxygen atoms in total. The fourth-order valence-corrected chi connectivity index (χ4v) is 5.30. The average Bonchev–Trinajstić information content (AvgIpc) is 3.39. The Bertz CT molecular complexity index is 1210. The number of carbonyl (C=O) groups is 2. The number of halogens is 2. The molecule has 1 fully saturated rings. The molecule has 8 heteroatoms. The lowest BCUT2D eigenvalue weighted by atomic mass is 9.93. The van der Waals surface area contributed by atoms with Gasteiger partial charge in [-0.25, -0.2) is 9.59 Å². The Balaban J connectivity index is 1.43. The van der Waals surface area contributed by atoms with E-state index in [1.54, 1.807) is 36.4 Å². The van der Waals surface area contributed by atoms with Crippen LogP contribution < -0.4 is 16.0 Å². The van der Waals surface area contributed by atoms with Gasteiger partial charge in [0.15, 0.2) is 0 Å². The predicted octanol–water partition coefficient (Wildman–Crippen LogP) is 7.19. The molecule has 0 saturated heterocycles. The minimum atomic E-state index is -0.947. The summed E-state index contributed by atoms with van der Waals surface area (Å²) in [5.41, 5.74) is 3.69. The molecule has 0 aliphatic heterocycles. The van der Waals surface area contributed by atoms with Crippen LogP contribution in [0.2, 0.25) is 10.0 Å². The van der Waals surface area contributed by atoms with E-state index in [9.17, 15) is 14.7 Å². The predicted molar refractivity (Wildman–Crippen MR) is 150 cm³/mol. The maximum Gasteiger partial charge on any atom is 0.335 e. The first-order valence-corrected chi connectivity index (χ1v) is 13.3. The molecule has 0 heterocycles. The van der Waals surface area contributed by atoms with Gasteiger partial charge in [0.05, 0.1) is 5.56 Å². The molecule has 194 valence electrons. The number of amides is 2. The lowest BCUT2D eigenvalue weighted by Gasteiger charge is -2.21. The molecule has 0 spiro atoms. The summed E-state index contributed by atoms with van der Waals surface area (Å²) in [6.07, 6.45) is 5.87. The summed E-state index contributed by atoms with van der Waals surface area (Å²) >= 11 is 12.1. The fraction of sp³-hybridized carbons (Fsp3) is 0.310. The fourth-order valence-electron chi connectivity index (χ4n) is 4.77. The molecular formula is C29H31Cl2N3O3. The molecule has 1 aliphatic carbocycles. The number of carboxylic acids is 1. The molecule has 0 bridgehead atoms. The minimum absolute atomic E-state index is 0.0991. The molecule has 3 aromatic carbocycles. The largest absolute Gasteiger partial charge is 0.478 e. The maximum atomic E-state index is 12.6. The molecule has 1 unspecified atom stereocenters. The van der Waals surface area contributed by atoms with Crippen LogP contribution in [-0.4, -0.2) is 36.2 Å². The topological polar surface area (TPSA) is 90.5 Å². The number of benzene rings is 3. The van der Waals surface area contributed by atoms with Gasteiger partial charge >= 0.3 is 12.0 Å². The van der Waals surface area contributed by atoms with Gasteiger partial charge in [-0.2, -0.15) is 0 Å². The number of carboxylic acid groups (broad SMARTS) is 1. The highest BCUT2D eigenvalue weighted by Gasteiger charge is 2.17. The molecular weight excluding hydrogens is 509 g/mol. The lowest BCUT2D eigenvalue weighted by molar-refractivity contribution is 0.0697. The summed E-state index contributed by atoms with van der Waals surface area (Å²) in [5, 5.41) is 19.6. The van der Waals surface area contributed by atoms with Crippen molar-refractivity contribution in [3.63, 3.8) is 0 Å². The van der Waals surface area contributed by atoms with Crippen molar-refractivity contribution in [1.29, 1.82) is 0 Å². The van der Waals surface area contributed by atoms with Gasteiger partial charge in [0.2, 0.25) is 0 Å². The first kappa shape index (κ1) is 27.0. The summed E-state index contributed by atoms with van der Waals surface area (Å²) < 4.78 is 0. The summed E-state index contributed by atoms with van der Waals surface area (Å²) in [4.78, 5) is 23.9. The van der Waals surface area contributed by atoms with E-state index in [4.69, 9.17) is 23.2 Å². The summed E-state index contributed by atoms with van der Waals surface area (Å²) in [7, 11) is 0. The Labute approximate surface area is 227 Å². The van der Waals surface area contributed by atoms with Gasteiger partial charge < -0.3 is 21.1 Å². The van der Waals surface area contributed by atoms with E-state index in [0.717, 1.165) is 29.7 Å². The molecule has 3 aromatic rings. The second kappa shape index (κ2) is 13.0. The molecule has 37 heavy (non-hydrogen) atoms. The van der Waals surface area contributed by atoms with Crippen LogP contribution in [-0.2, 0) is 0 Å². The monoisotopic (exact) mass is 539 g/mol. The maximum absolute atomic E-state index is 12.6. The number of hydrogen-bond acceptors (Lipinski definition) is 3. The number of urea groups is 1. The van der Waals surface area contributed by atoms with Crippen LogP contribution in [0.3, 0.4) is 0 Å². The van der Waals surface area contributed by atoms with Gasteiger partial charge in [-0.1, -0.05) is 72.4 Å². The normalized spacial score (nSPS) is 14.3. The first-order valence-electron chi connectivity index (χ1n) is 12.6. The number of aromatic carboxylic acids is 1. The van der Waals surface area contributed by atoms with E-state index >= 15 is 0 Å². The minimum Gasteiger partial charge on any atom is -0.478 e. The van der Waals surface area contributed by atoms with E-state index in [1.165, 1.54) is 25.7 Å². The number of anilines is 1. The summed E-state index contributed by atoms with van der Waals surface area (Å²) in [5.74, 6) is -0.848. The second-order valence-corrected chi connectivity index (χ2v) is 10.3. The van der Waals surface area contributed by atoms with Gasteiger partial charge in [0, 0.05) is 34.2 Å². The van der Waals surface area contributed by atoms with Crippen molar-refractivity contribution in [1.82, 2.24) is 10.6 Å². The second-order valence-electron chi connectivity index (χ2n) is 9.42. The van der Waals surface area contributed by atoms with E-state index in [1.807, 2.05) is 18.2 Å². The smallest absolute Gasteiger partial charge is 0.335 e. The number of carbonyl (C=O) groups excluding carboxylic acids is 1. The molecule has 2 amide bonds. The van der Waals surface area contributed by atoms with Crippen LogP contribution in [0.1, 0.15) is 53.9 Å². The highest BCUT2D eigenvalue weighted by Crippen LogP contribution is 2.26. The number of hydrogen-bond donors (Lipinski definition) is 4. The van der Waals surface area contributed by atoms with Gasteiger partial charge in [0.1, 0.15) is 0 Å². The van der Waals surface area contributed by atoms with Crippen molar-refractivity contribution in [2.24, 2.45) is 0 Å². The van der Waals surface area contributed by atoms with Gasteiger partial charge in [-0.05, 0) is 72.8 Å². The van der Waals surface area contributed by atoms with Gasteiger partial charge in [0.25, 0.3) is 0 Å². The van der Waals surface area contributed by atoms with Crippen molar-refractivity contribution in [2.45, 2.75) is 44.1 Å². The molecule has 4 rings (SSSR count). The van der Waals surface area contributed by atoms with Crippen LogP contribution in [0.25, 0.3) is 11.1 Å². The molecule has 1 aliphatic rings. The van der Waals surface area contributed by atoms with Crippen LogP contribution in [0.4, 0.5) is 10.5 Å². The highest BCUT2D eigenvalue weighted by molar-refractivity contribution is 6.35. The van der Waals surface area contributed by atoms with Crippen LogP contribution in [0.5, 0.6) is 0 Å². The van der Waals surface area contributed by atoms with Gasteiger partial charge in [-0.3, -0.25) is 0 Å². The van der Waals surface area contributed by atoms with Crippen molar-refractivity contribution >= 4 is 40.9 Å². The average molecular weight is 540 g/mol. The lowest BCUT2D eigenvalue weighted by Crippen LogP contribution is -2.34. The number of rotatable bonds is 10. The Morgan fingerprint density at radius 1 is 0.919 bits per heavy atom. The van der Waals surface area contributed by atoms with E-state index in [2.05, 4.69) is 28.1 Å². The SMILES string of the molecule is O=C(NCC(CCNC1CCCC1)c1ccc(-c2cccc(C(=O)O)c2)cc1)Nc1cc(Cl)cc(Cl)c1. The van der Waals surface area contributed by atoms with E-state index in [-0.39, 0.29) is 17.5 Å².